The fourth-order valence-corrected chi connectivity index (χ4v) is 1.10. The Bertz CT molecular complexity index is 87.1. The molecule has 0 aromatic heterocycles. The normalized spacial score (nSPS) is 45.0. The lowest BCUT2D eigenvalue weighted by atomic mass is 9.93. The van der Waals surface area contributed by atoms with E-state index in [9.17, 15) is 4.39 Å². The summed E-state index contributed by atoms with van der Waals surface area (Å²) in [4.78, 5) is 0. The molecule has 2 nitrogen and oxygen atoms in total. The van der Waals surface area contributed by atoms with E-state index in [4.69, 9.17) is 10.2 Å². The molecule has 0 amide bonds. The van der Waals surface area contributed by atoms with E-state index in [1.54, 1.807) is 0 Å². The third-order valence-electron chi connectivity index (χ3n) is 1.74. The highest BCUT2D eigenvalue weighted by Crippen LogP contribution is 2.21. The summed E-state index contributed by atoms with van der Waals surface area (Å²) in [6, 6.07) is 0. The van der Waals surface area contributed by atoms with Gasteiger partial charge in [-0.15, -0.1) is 0 Å². The van der Waals surface area contributed by atoms with Crippen molar-refractivity contribution >= 4 is 0 Å². The van der Waals surface area contributed by atoms with Crippen LogP contribution in [0.5, 0.6) is 0 Å². The van der Waals surface area contributed by atoms with Gasteiger partial charge >= 0.3 is 0 Å². The second kappa shape index (κ2) is 2.62. The van der Waals surface area contributed by atoms with Gasteiger partial charge < -0.3 is 10.2 Å². The van der Waals surface area contributed by atoms with E-state index < -0.39 is 18.4 Å². The molecule has 0 aromatic rings. The average Bonchev–Trinajstić information content (AvgIpc) is 1.83. The zero-order valence-corrected chi connectivity index (χ0v) is 5.13. The fourth-order valence-electron chi connectivity index (χ4n) is 1.10. The summed E-state index contributed by atoms with van der Waals surface area (Å²) < 4.78 is 12.4. The minimum Gasteiger partial charge on any atom is -0.390 e. The van der Waals surface area contributed by atoms with Crippen LogP contribution in [0.3, 0.4) is 0 Å². The summed E-state index contributed by atoms with van der Waals surface area (Å²) in [6.45, 7) is 0. The maximum atomic E-state index is 12.4. The molecule has 0 bridgehead atoms. The van der Waals surface area contributed by atoms with E-state index in [1.807, 2.05) is 0 Å². The first-order valence-electron chi connectivity index (χ1n) is 3.22. The Morgan fingerprint density at radius 2 is 1.89 bits per heavy atom. The fraction of sp³-hybridized carbons (Fsp3) is 1.00. The third-order valence-corrected chi connectivity index (χ3v) is 1.74. The number of halogens is 1. The van der Waals surface area contributed by atoms with Crippen molar-refractivity contribution < 1.29 is 14.6 Å². The summed E-state index contributed by atoms with van der Waals surface area (Å²) in [6.07, 6.45) is -1.60. The molecular formula is C6H11FO2. The zero-order valence-electron chi connectivity index (χ0n) is 5.13. The van der Waals surface area contributed by atoms with Gasteiger partial charge in [-0.2, -0.15) is 0 Å². The standard InChI is InChI=1S/C6H11FO2/c7-4-2-1-3-5(8)6(4)9/h4-6,8-9H,1-3H2/t4-,5-,6+/m0/s1. The molecule has 2 N–H and O–H groups in total. The first kappa shape index (κ1) is 6.96. The van der Waals surface area contributed by atoms with Crippen LogP contribution in [0.25, 0.3) is 0 Å². The summed E-state index contributed by atoms with van der Waals surface area (Å²) >= 11 is 0. The number of aliphatic hydroxyl groups excluding tert-OH is 2. The SMILES string of the molecule is O[C@H]1[C@@H](O)CCC[C@@H]1F. The van der Waals surface area contributed by atoms with Crippen molar-refractivity contribution in [1.29, 1.82) is 0 Å². The Balaban J connectivity index is 2.41. The number of alkyl halides is 1. The van der Waals surface area contributed by atoms with Crippen LogP contribution < -0.4 is 0 Å². The van der Waals surface area contributed by atoms with Crippen LogP contribution in [-0.4, -0.2) is 28.6 Å². The molecule has 0 unspecified atom stereocenters. The Morgan fingerprint density at radius 1 is 1.22 bits per heavy atom. The van der Waals surface area contributed by atoms with Gasteiger partial charge in [-0.1, -0.05) is 0 Å². The number of hydrogen-bond acceptors (Lipinski definition) is 2. The Labute approximate surface area is 53.3 Å². The van der Waals surface area contributed by atoms with Crippen molar-refractivity contribution in [3.63, 3.8) is 0 Å². The molecule has 3 atom stereocenters. The second-order valence-electron chi connectivity index (χ2n) is 2.50. The van der Waals surface area contributed by atoms with E-state index in [1.165, 1.54) is 0 Å². The minimum absolute atomic E-state index is 0.387. The van der Waals surface area contributed by atoms with Crippen LogP contribution >= 0.6 is 0 Å². The maximum Gasteiger partial charge on any atom is 0.128 e. The molecule has 0 heterocycles. The van der Waals surface area contributed by atoms with Crippen LogP contribution in [0, 0.1) is 0 Å². The van der Waals surface area contributed by atoms with E-state index in [0.29, 0.717) is 19.3 Å². The van der Waals surface area contributed by atoms with Gasteiger partial charge in [0.1, 0.15) is 12.3 Å². The summed E-state index contributed by atoms with van der Waals surface area (Å²) in [5, 5.41) is 17.7. The van der Waals surface area contributed by atoms with Crippen LogP contribution in [0.15, 0.2) is 0 Å². The van der Waals surface area contributed by atoms with Gasteiger partial charge in [-0.25, -0.2) is 4.39 Å². The average molecular weight is 134 g/mol. The van der Waals surface area contributed by atoms with Crippen LogP contribution in [0.4, 0.5) is 4.39 Å². The van der Waals surface area contributed by atoms with Crippen molar-refractivity contribution in [2.45, 2.75) is 37.6 Å². The molecular weight excluding hydrogens is 123 g/mol. The number of hydrogen-bond donors (Lipinski definition) is 2. The topological polar surface area (TPSA) is 40.5 Å². The number of aliphatic hydroxyl groups is 2. The van der Waals surface area contributed by atoms with E-state index in [0.717, 1.165) is 0 Å². The molecule has 1 aliphatic rings. The Hall–Kier alpha value is -0.150. The van der Waals surface area contributed by atoms with E-state index in [-0.39, 0.29) is 0 Å². The first-order valence-corrected chi connectivity index (χ1v) is 3.22. The highest BCUT2D eigenvalue weighted by molar-refractivity contribution is 4.80. The zero-order chi connectivity index (χ0) is 6.85. The maximum absolute atomic E-state index is 12.4. The van der Waals surface area contributed by atoms with Gasteiger partial charge in [-0.3, -0.25) is 0 Å². The molecule has 0 radical (unpaired) electrons. The largest absolute Gasteiger partial charge is 0.390 e. The van der Waals surface area contributed by atoms with Gasteiger partial charge in [0.2, 0.25) is 0 Å². The number of rotatable bonds is 0. The van der Waals surface area contributed by atoms with E-state index in [2.05, 4.69) is 0 Å². The van der Waals surface area contributed by atoms with Crippen molar-refractivity contribution in [1.82, 2.24) is 0 Å². The highest BCUT2D eigenvalue weighted by atomic mass is 19.1. The van der Waals surface area contributed by atoms with E-state index >= 15 is 0 Å². The van der Waals surface area contributed by atoms with Crippen molar-refractivity contribution in [3.05, 3.63) is 0 Å². The van der Waals surface area contributed by atoms with Crippen LogP contribution in [0.1, 0.15) is 19.3 Å². The van der Waals surface area contributed by atoms with Crippen molar-refractivity contribution in [2.75, 3.05) is 0 Å². The van der Waals surface area contributed by atoms with Crippen LogP contribution in [-0.2, 0) is 0 Å². The van der Waals surface area contributed by atoms with Gasteiger partial charge in [0.05, 0.1) is 6.10 Å². The summed E-state index contributed by atoms with van der Waals surface area (Å²) in [5.41, 5.74) is 0. The molecule has 0 saturated heterocycles. The molecule has 1 fully saturated rings. The van der Waals surface area contributed by atoms with Gasteiger partial charge in [0.25, 0.3) is 0 Å². The molecule has 1 aliphatic carbocycles. The molecule has 9 heavy (non-hydrogen) atoms. The molecule has 54 valence electrons. The molecule has 0 spiro atoms. The van der Waals surface area contributed by atoms with Gasteiger partial charge in [0, 0.05) is 0 Å². The van der Waals surface area contributed by atoms with Gasteiger partial charge in [-0.05, 0) is 19.3 Å². The first-order chi connectivity index (χ1) is 4.22. The van der Waals surface area contributed by atoms with Crippen molar-refractivity contribution in [2.24, 2.45) is 0 Å². The van der Waals surface area contributed by atoms with Gasteiger partial charge in [0.15, 0.2) is 0 Å². The quantitative estimate of drug-likeness (QED) is 0.498. The second-order valence-corrected chi connectivity index (χ2v) is 2.50. The Morgan fingerprint density at radius 3 is 2.33 bits per heavy atom. The predicted octanol–water partition coefficient (Wildman–Crippen LogP) is 0.230. The van der Waals surface area contributed by atoms with Crippen LogP contribution in [0.2, 0.25) is 0 Å². The molecule has 3 heteroatoms. The summed E-state index contributed by atoms with van der Waals surface area (Å²) in [7, 11) is 0. The lowest BCUT2D eigenvalue weighted by molar-refractivity contribution is -0.0549. The lowest BCUT2D eigenvalue weighted by Crippen LogP contribution is -2.38. The Kier molecular flexibility index (Phi) is 2.03. The highest BCUT2D eigenvalue weighted by Gasteiger charge is 2.29. The molecule has 1 rings (SSSR count). The third kappa shape index (κ3) is 1.40. The molecule has 0 aromatic carbocycles. The minimum atomic E-state index is -1.21. The smallest absolute Gasteiger partial charge is 0.128 e. The monoisotopic (exact) mass is 134 g/mol. The summed E-state index contributed by atoms with van der Waals surface area (Å²) in [5.74, 6) is 0. The lowest BCUT2D eigenvalue weighted by Gasteiger charge is -2.25. The molecule has 1 saturated carbocycles. The molecule has 0 aliphatic heterocycles. The van der Waals surface area contributed by atoms with Crippen molar-refractivity contribution in [3.8, 4) is 0 Å². The predicted molar refractivity (Wildman–Crippen MR) is 30.8 cm³/mol.